The van der Waals surface area contributed by atoms with Crippen molar-refractivity contribution < 1.29 is 9.53 Å². The van der Waals surface area contributed by atoms with Crippen LogP contribution in [0.25, 0.3) is 22.8 Å². The van der Waals surface area contributed by atoms with Gasteiger partial charge in [-0.25, -0.2) is 14.8 Å². The fraction of sp³-hybridized carbons (Fsp3) is 0.222. The quantitative estimate of drug-likeness (QED) is 0.224. The largest absolute Gasteiger partial charge is 0.465 e. The van der Waals surface area contributed by atoms with Gasteiger partial charge < -0.3 is 9.30 Å². The zero-order valence-corrected chi connectivity index (χ0v) is 18.7. The standard InChI is InChI=1S/C27H27N3O2/c1-4-8-24-29-25-19(2)15-16-28-26(25)30(24)18-21-13-11-20(12-14-21)17-23(27(31)32-3)22-9-6-5-7-10-22/h5-7,9-17H,4,8,18H2,1-3H3/b23-17-. The van der Waals surface area contributed by atoms with Gasteiger partial charge in [-0.2, -0.15) is 0 Å². The maximum atomic E-state index is 12.3. The number of benzene rings is 2. The van der Waals surface area contributed by atoms with E-state index in [-0.39, 0.29) is 5.97 Å². The Balaban J connectivity index is 1.65. The van der Waals surface area contributed by atoms with Gasteiger partial charge in [-0.3, -0.25) is 0 Å². The molecule has 2 aromatic carbocycles. The smallest absolute Gasteiger partial charge is 0.338 e. The van der Waals surface area contributed by atoms with E-state index in [1.807, 2.05) is 60.8 Å². The second-order valence-corrected chi connectivity index (χ2v) is 7.82. The van der Waals surface area contributed by atoms with Crippen molar-refractivity contribution in [2.75, 3.05) is 7.11 Å². The van der Waals surface area contributed by atoms with E-state index in [0.29, 0.717) is 12.1 Å². The molecule has 162 valence electrons. The van der Waals surface area contributed by atoms with E-state index >= 15 is 0 Å². The Labute approximate surface area is 188 Å². The highest BCUT2D eigenvalue weighted by Crippen LogP contribution is 2.22. The molecule has 0 N–H and O–H groups in total. The van der Waals surface area contributed by atoms with Gasteiger partial charge in [0.2, 0.25) is 0 Å². The number of aromatic nitrogens is 3. The van der Waals surface area contributed by atoms with Crippen molar-refractivity contribution in [3.8, 4) is 0 Å². The third-order valence-corrected chi connectivity index (χ3v) is 5.51. The minimum absolute atomic E-state index is 0.351. The number of imidazole rings is 1. The molecular formula is C27H27N3O2. The highest BCUT2D eigenvalue weighted by atomic mass is 16.5. The molecule has 4 aromatic rings. The van der Waals surface area contributed by atoms with Crippen molar-refractivity contribution >= 4 is 28.8 Å². The number of pyridine rings is 1. The molecule has 2 heterocycles. The lowest BCUT2D eigenvalue weighted by molar-refractivity contribution is -0.133. The molecule has 0 amide bonds. The zero-order chi connectivity index (χ0) is 22.5. The van der Waals surface area contributed by atoms with Gasteiger partial charge in [-0.1, -0.05) is 61.5 Å². The lowest BCUT2D eigenvalue weighted by Crippen LogP contribution is -2.06. The van der Waals surface area contributed by atoms with E-state index in [4.69, 9.17) is 9.72 Å². The second kappa shape index (κ2) is 9.60. The van der Waals surface area contributed by atoms with Gasteiger partial charge in [0, 0.05) is 12.6 Å². The summed E-state index contributed by atoms with van der Waals surface area (Å²) in [7, 11) is 1.40. The molecule has 0 fully saturated rings. The maximum absolute atomic E-state index is 12.3. The highest BCUT2D eigenvalue weighted by Gasteiger charge is 2.14. The topological polar surface area (TPSA) is 57.0 Å². The molecule has 0 radical (unpaired) electrons. The molecule has 0 saturated carbocycles. The van der Waals surface area contributed by atoms with Crippen molar-refractivity contribution in [2.45, 2.75) is 33.2 Å². The molecule has 0 aliphatic carbocycles. The van der Waals surface area contributed by atoms with Crippen LogP contribution in [-0.2, 0) is 22.5 Å². The van der Waals surface area contributed by atoms with Crippen molar-refractivity contribution in [3.05, 3.63) is 94.9 Å². The maximum Gasteiger partial charge on any atom is 0.338 e. The Morgan fingerprint density at radius 3 is 2.50 bits per heavy atom. The molecular weight excluding hydrogens is 398 g/mol. The van der Waals surface area contributed by atoms with Crippen molar-refractivity contribution in [3.63, 3.8) is 0 Å². The summed E-state index contributed by atoms with van der Waals surface area (Å²) in [4.78, 5) is 21.8. The average Bonchev–Trinajstić information content (AvgIpc) is 3.17. The predicted octanol–water partition coefficient (Wildman–Crippen LogP) is 5.45. The molecule has 0 aliphatic rings. The Kier molecular flexibility index (Phi) is 6.45. The van der Waals surface area contributed by atoms with E-state index < -0.39 is 0 Å². The normalized spacial score (nSPS) is 11.7. The summed E-state index contributed by atoms with van der Waals surface area (Å²) in [5.74, 6) is 0.709. The number of carbonyl (C=O) groups excluding carboxylic acids is 1. The average molecular weight is 426 g/mol. The van der Waals surface area contributed by atoms with E-state index in [9.17, 15) is 4.79 Å². The number of ether oxygens (including phenoxy) is 1. The predicted molar refractivity (Wildman–Crippen MR) is 128 cm³/mol. The second-order valence-electron chi connectivity index (χ2n) is 7.82. The summed E-state index contributed by atoms with van der Waals surface area (Å²) >= 11 is 0. The van der Waals surface area contributed by atoms with Gasteiger partial charge in [0.15, 0.2) is 5.65 Å². The van der Waals surface area contributed by atoms with Crippen molar-refractivity contribution in [1.82, 2.24) is 14.5 Å². The van der Waals surface area contributed by atoms with Crippen molar-refractivity contribution in [2.24, 2.45) is 0 Å². The van der Waals surface area contributed by atoms with E-state index in [0.717, 1.165) is 52.1 Å². The van der Waals surface area contributed by atoms with Crippen molar-refractivity contribution in [1.29, 1.82) is 0 Å². The monoisotopic (exact) mass is 425 g/mol. The Morgan fingerprint density at radius 2 is 1.81 bits per heavy atom. The number of carbonyl (C=O) groups is 1. The first-order valence-electron chi connectivity index (χ1n) is 10.9. The number of rotatable bonds is 7. The highest BCUT2D eigenvalue weighted by molar-refractivity contribution is 6.21. The summed E-state index contributed by atoms with van der Waals surface area (Å²) in [6.45, 7) is 4.94. The molecule has 0 bridgehead atoms. The molecule has 4 rings (SSSR count). The molecule has 5 heteroatoms. The van der Waals surface area contributed by atoms with Gasteiger partial charge in [-0.05, 0) is 47.7 Å². The number of hydrogen-bond acceptors (Lipinski definition) is 4. The van der Waals surface area contributed by atoms with Crippen LogP contribution in [0.2, 0.25) is 0 Å². The zero-order valence-electron chi connectivity index (χ0n) is 18.7. The first-order valence-corrected chi connectivity index (χ1v) is 10.9. The number of methoxy groups -OCH3 is 1. The van der Waals surface area contributed by atoms with Crippen LogP contribution in [0, 0.1) is 6.92 Å². The van der Waals surface area contributed by atoms with E-state index in [1.165, 1.54) is 7.11 Å². The number of esters is 1. The summed E-state index contributed by atoms with van der Waals surface area (Å²) < 4.78 is 7.20. The van der Waals surface area contributed by atoms with Gasteiger partial charge in [-0.15, -0.1) is 0 Å². The van der Waals surface area contributed by atoms with E-state index in [1.54, 1.807) is 0 Å². The lowest BCUT2D eigenvalue weighted by Gasteiger charge is -2.09. The Bertz CT molecular complexity index is 1260. The van der Waals surface area contributed by atoms with Crippen LogP contribution < -0.4 is 0 Å². The lowest BCUT2D eigenvalue weighted by atomic mass is 10.0. The van der Waals surface area contributed by atoms with Crippen LogP contribution >= 0.6 is 0 Å². The van der Waals surface area contributed by atoms with Crippen LogP contribution in [0.1, 0.15) is 41.4 Å². The van der Waals surface area contributed by atoms with Gasteiger partial charge >= 0.3 is 5.97 Å². The molecule has 0 unspecified atom stereocenters. The minimum atomic E-state index is -0.351. The fourth-order valence-electron chi connectivity index (χ4n) is 3.82. The van der Waals surface area contributed by atoms with E-state index in [2.05, 4.69) is 35.5 Å². The van der Waals surface area contributed by atoms with Gasteiger partial charge in [0.25, 0.3) is 0 Å². The van der Waals surface area contributed by atoms with Gasteiger partial charge in [0.1, 0.15) is 11.3 Å². The Morgan fingerprint density at radius 1 is 1.06 bits per heavy atom. The summed E-state index contributed by atoms with van der Waals surface area (Å²) in [5.41, 5.74) is 6.50. The minimum Gasteiger partial charge on any atom is -0.465 e. The molecule has 0 saturated heterocycles. The molecule has 5 nitrogen and oxygen atoms in total. The fourth-order valence-corrected chi connectivity index (χ4v) is 3.82. The molecule has 0 atom stereocenters. The molecule has 0 aliphatic heterocycles. The van der Waals surface area contributed by atoms with Crippen LogP contribution in [0.4, 0.5) is 0 Å². The first-order chi connectivity index (χ1) is 15.6. The summed E-state index contributed by atoms with van der Waals surface area (Å²) in [6.07, 6.45) is 5.65. The molecule has 0 spiro atoms. The molecule has 32 heavy (non-hydrogen) atoms. The SMILES string of the molecule is CCCc1nc2c(C)ccnc2n1Cc1ccc(/C=C(\C(=O)OC)c2ccccc2)cc1. The number of nitrogens with zero attached hydrogens (tertiary/aromatic N) is 3. The third-order valence-electron chi connectivity index (χ3n) is 5.51. The first kappa shape index (κ1) is 21.5. The Hall–Kier alpha value is -3.73. The van der Waals surface area contributed by atoms with Crippen LogP contribution in [-0.4, -0.2) is 27.6 Å². The number of fused-ring (bicyclic) bond motifs is 1. The molecule has 2 aromatic heterocycles. The summed E-state index contributed by atoms with van der Waals surface area (Å²) in [6, 6.07) is 19.8. The van der Waals surface area contributed by atoms with Crippen LogP contribution in [0.15, 0.2) is 66.9 Å². The number of hydrogen-bond donors (Lipinski definition) is 0. The third kappa shape index (κ3) is 4.47. The number of aryl methyl sites for hydroxylation is 2. The summed E-state index contributed by atoms with van der Waals surface area (Å²) in [5, 5.41) is 0. The van der Waals surface area contributed by atoms with Crippen LogP contribution in [0.3, 0.4) is 0 Å². The van der Waals surface area contributed by atoms with Crippen LogP contribution in [0.5, 0.6) is 0 Å². The van der Waals surface area contributed by atoms with Gasteiger partial charge in [0.05, 0.1) is 19.2 Å².